The summed E-state index contributed by atoms with van der Waals surface area (Å²) in [7, 11) is 0. The smallest absolute Gasteiger partial charge is 0.346 e. The molecule has 0 heterocycles. The molecule has 0 aliphatic carbocycles. The van der Waals surface area contributed by atoms with Gasteiger partial charge in [-0.2, -0.15) is 0 Å². The van der Waals surface area contributed by atoms with Gasteiger partial charge in [0.2, 0.25) is 0 Å². The second-order valence-electron chi connectivity index (χ2n) is 6.26. The SMILES string of the molecule is Cc1c(Oc2ccccc2)ccc([N+](=O)[O-])c1C(=O)OC(C)(C)C. The van der Waals surface area contributed by atoms with Crippen molar-refractivity contribution >= 4 is 11.7 Å². The maximum Gasteiger partial charge on any atom is 0.346 e. The zero-order chi connectivity index (χ0) is 17.9. The van der Waals surface area contributed by atoms with Crippen molar-refractivity contribution in [2.75, 3.05) is 0 Å². The molecule has 0 radical (unpaired) electrons. The van der Waals surface area contributed by atoms with Crippen LogP contribution < -0.4 is 4.74 Å². The third-order valence-corrected chi connectivity index (χ3v) is 3.16. The van der Waals surface area contributed by atoms with Gasteiger partial charge in [0, 0.05) is 11.6 Å². The number of benzene rings is 2. The Kier molecular flexibility index (Phi) is 4.87. The highest BCUT2D eigenvalue weighted by molar-refractivity contribution is 5.96. The zero-order valence-electron chi connectivity index (χ0n) is 14.0. The Morgan fingerprint density at radius 1 is 1.08 bits per heavy atom. The van der Waals surface area contributed by atoms with Crippen molar-refractivity contribution in [3.63, 3.8) is 0 Å². The Morgan fingerprint density at radius 2 is 1.71 bits per heavy atom. The van der Waals surface area contributed by atoms with Crippen LogP contribution in [0.1, 0.15) is 36.7 Å². The van der Waals surface area contributed by atoms with Gasteiger partial charge in [-0.15, -0.1) is 0 Å². The first-order chi connectivity index (χ1) is 11.2. The van der Waals surface area contributed by atoms with Crippen LogP contribution in [-0.4, -0.2) is 16.5 Å². The number of carbonyl (C=O) groups is 1. The third kappa shape index (κ3) is 4.10. The summed E-state index contributed by atoms with van der Waals surface area (Å²) < 4.78 is 11.0. The number of ether oxygens (including phenoxy) is 2. The number of nitrogens with zero attached hydrogens (tertiary/aromatic N) is 1. The highest BCUT2D eigenvalue weighted by atomic mass is 16.6. The molecule has 0 aromatic heterocycles. The summed E-state index contributed by atoms with van der Waals surface area (Å²) in [6.45, 7) is 6.72. The summed E-state index contributed by atoms with van der Waals surface area (Å²) in [5, 5.41) is 11.3. The van der Waals surface area contributed by atoms with Gasteiger partial charge in [0.05, 0.1) is 4.92 Å². The molecule has 0 N–H and O–H groups in total. The number of nitro groups is 1. The average Bonchev–Trinajstić information content (AvgIpc) is 2.48. The average molecular weight is 329 g/mol. The van der Waals surface area contributed by atoms with Crippen LogP contribution in [0.4, 0.5) is 5.69 Å². The lowest BCUT2D eigenvalue weighted by Gasteiger charge is -2.20. The van der Waals surface area contributed by atoms with E-state index in [4.69, 9.17) is 9.47 Å². The summed E-state index contributed by atoms with van der Waals surface area (Å²) in [6.07, 6.45) is 0. The molecule has 0 saturated heterocycles. The molecule has 24 heavy (non-hydrogen) atoms. The fraction of sp³-hybridized carbons (Fsp3) is 0.278. The lowest BCUT2D eigenvalue weighted by molar-refractivity contribution is -0.385. The third-order valence-electron chi connectivity index (χ3n) is 3.16. The Hall–Kier alpha value is -2.89. The van der Waals surface area contributed by atoms with E-state index in [1.807, 2.05) is 18.2 Å². The van der Waals surface area contributed by atoms with Crippen LogP contribution in [0.25, 0.3) is 0 Å². The molecule has 0 amide bonds. The van der Waals surface area contributed by atoms with Gasteiger partial charge in [0.15, 0.2) is 0 Å². The van der Waals surface area contributed by atoms with Gasteiger partial charge in [0.25, 0.3) is 5.69 Å². The van der Waals surface area contributed by atoms with Gasteiger partial charge in [-0.25, -0.2) is 4.79 Å². The standard InChI is InChI=1S/C18H19NO5/c1-12-15(23-13-8-6-5-7-9-13)11-10-14(19(21)22)16(12)17(20)24-18(2,3)4/h5-11H,1-4H3. The molecule has 0 atom stereocenters. The Labute approximate surface area is 140 Å². The molecular formula is C18H19NO5. The molecule has 0 spiro atoms. The number of nitro benzene ring substituents is 1. The minimum absolute atomic E-state index is 0.0941. The molecule has 0 fully saturated rings. The summed E-state index contributed by atoms with van der Waals surface area (Å²) in [4.78, 5) is 23.1. The van der Waals surface area contributed by atoms with E-state index in [9.17, 15) is 14.9 Å². The Balaban J connectivity index is 2.48. The van der Waals surface area contributed by atoms with Crippen LogP contribution >= 0.6 is 0 Å². The monoisotopic (exact) mass is 329 g/mol. The molecule has 2 rings (SSSR count). The first-order valence-corrected chi connectivity index (χ1v) is 7.43. The lowest BCUT2D eigenvalue weighted by Crippen LogP contribution is -2.25. The van der Waals surface area contributed by atoms with E-state index in [2.05, 4.69) is 0 Å². The van der Waals surface area contributed by atoms with Gasteiger partial charge >= 0.3 is 5.97 Å². The van der Waals surface area contributed by atoms with Crippen molar-refractivity contribution in [3.05, 3.63) is 63.7 Å². The summed E-state index contributed by atoms with van der Waals surface area (Å²) in [5.41, 5.74) is -0.791. The topological polar surface area (TPSA) is 78.7 Å². The van der Waals surface area contributed by atoms with E-state index in [0.29, 0.717) is 17.1 Å². The van der Waals surface area contributed by atoms with Crippen LogP contribution in [0.5, 0.6) is 11.5 Å². The summed E-state index contributed by atoms with van der Waals surface area (Å²) in [5.74, 6) is 0.197. The van der Waals surface area contributed by atoms with Crippen molar-refractivity contribution in [1.82, 2.24) is 0 Å². The molecule has 6 heteroatoms. The highest BCUT2D eigenvalue weighted by Gasteiger charge is 2.29. The van der Waals surface area contributed by atoms with E-state index in [-0.39, 0.29) is 11.3 Å². The molecule has 2 aromatic rings. The first-order valence-electron chi connectivity index (χ1n) is 7.43. The van der Waals surface area contributed by atoms with Crippen LogP contribution in [0, 0.1) is 17.0 Å². The molecule has 6 nitrogen and oxygen atoms in total. The minimum Gasteiger partial charge on any atom is -0.457 e. The highest BCUT2D eigenvalue weighted by Crippen LogP contribution is 2.33. The van der Waals surface area contributed by atoms with Crippen LogP contribution in [0.15, 0.2) is 42.5 Å². The van der Waals surface area contributed by atoms with E-state index < -0.39 is 16.5 Å². The predicted octanol–water partition coefficient (Wildman–Crippen LogP) is 4.65. The fourth-order valence-electron chi connectivity index (χ4n) is 2.14. The number of esters is 1. The molecular weight excluding hydrogens is 310 g/mol. The number of hydrogen-bond acceptors (Lipinski definition) is 5. The second-order valence-corrected chi connectivity index (χ2v) is 6.26. The van der Waals surface area contributed by atoms with E-state index in [0.717, 1.165) is 0 Å². The fourth-order valence-corrected chi connectivity index (χ4v) is 2.14. The molecule has 0 bridgehead atoms. The van der Waals surface area contributed by atoms with Crippen LogP contribution in [0.2, 0.25) is 0 Å². The van der Waals surface area contributed by atoms with Crippen LogP contribution in [-0.2, 0) is 4.74 Å². The van der Waals surface area contributed by atoms with Gasteiger partial charge in [-0.3, -0.25) is 10.1 Å². The Bertz CT molecular complexity index is 763. The predicted molar refractivity (Wildman–Crippen MR) is 89.5 cm³/mol. The van der Waals surface area contributed by atoms with Gasteiger partial charge in [-0.1, -0.05) is 18.2 Å². The number of carbonyl (C=O) groups excluding carboxylic acids is 1. The second kappa shape index (κ2) is 6.70. The largest absolute Gasteiger partial charge is 0.457 e. The number of hydrogen-bond donors (Lipinski definition) is 0. The first kappa shape index (κ1) is 17.5. The minimum atomic E-state index is -0.756. The van der Waals surface area contributed by atoms with E-state index in [1.54, 1.807) is 39.8 Å². The summed E-state index contributed by atoms with van der Waals surface area (Å²) in [6, 6.07) is 11.7. The van der Waals surface area contributed by atoms with Crippen LogP contribution in [0.3, 0.4) is 0 Å². The maximum absolute atomic E-state index is 12.4. The molecule has 0 saturated carbocycles. The van der Waals surface area contributed by atoms with Gasteiger partial charge in [-0.05, 0) is 45.9 Å². The zero-order valence-corrected chi connectivity index (χ0v) is 14.0. The number of para-hydroxylation sites is 1. The van der Waals surface area contributed by atoms with Crippen molar-refractivity contribution in [2.24, 2.45) is 0 Å². The number of rotatable bonds is 4. The Morgan fingerprint density at radius 3 is 2.25 bits per heavy atom. The normalized spacial score (nSPS) is 11.0. The molecule has 0 unspecified atom stereocenters. The van der Waals surface area contributed by atoms with Crippen molar-refractivity contribution in [2.45, 2.75) is 33.3 Å². The molecule has 126 valence electrons. The van der Waals surface area contributed by atoms with E-state index in [1.165, 1.54) is 12.1 Å². The van der Waals surface area contributed by atoms with Crippen molar-refractivity contribution in [3.8, 4) is 11.5 Å². The van der Waals surface area contributed by atoms with Crippen molar-refractivity contribution in [1.29, 1.82) is 0 Å². The lowest BCUT2D eigenvalue weighted by atomic mass is 10.0. The quantitative estimate of drug-likeness (QED) is 0.463. The summed E-state index contributed by atoms with van der Waals surface area (Å²) >= 11 is 0. The maximum atomic E-state index is 12.4. The molecule has 0 aliphatic rings. The molecule has 2 aromatic carbocycles. The van der Waals surface area contributed by atoms with Gasteiger partial charge in [0.1, 0.15) is 22.7 Å². The van der Waals surface area contributed by atoms with E-state index >= 15 is 0 Å². The van der Waals surface area contributed by atoms with Gasteiger partial charge < -0.3 is 9.47 Å². The molecule has 0 aliphatic heterocycles. The van der Waals surface area contributed by atoms with Crippen molar-refractivity contribution < 1.29 is 19.2 Å².